The van der Waals surface area contributed by atoms with Crippen LogP contribution in [0.25, 0.3) is 0 Å². The van der Waals surface area contributed by atoms with Gasteiger partial charge in [0.2, 0.25) is 5.89 Å². The minimum absolute atomic E-state index is 0.437. The third kappa shape index (κ3) is 3.12. The first-order valence-corrected chi connectivity index (χ1v) is 7.76. The number of nitrogens with one attached hydrogen (secondary N) is 1. The van der Waals surface area contributed by atoms with E-state index in [4.69, 9.17) is 9.26 Å². The van der Waals surface area contributed by atoms with E-state index in [1.807, 2.05) is 0 Å². The van der Waals surface area contributed by atoms with Crippen molar-refractivity contribution in [3.8, 4) is 0 Å². The standard InChI is InChI=1S/C14H24N4O2/c1-2-15-12-5-3-11(4-6-12)13-16-14(17-20-13)18-7-9-19-10-8-18/h11-12,15H,2-10H2,1H3. The average Bonchev–Trinajstić information content (AvgIpc) is 2.99. The lowest BCUT2D eigenvalue weighted by Crippen LogP contribution is -2.37. The molecule has 0 spiro atoms. The molecular weight excluding hydrogens is 256 g/mol. The lowest BCUT2D eigenvalue weighted by atomic mass is 9.86. The fourth-order valence-corrected chi connectivity index (χ4v) is 3.12. The molecule has 1 aliphatic carbocycles. The molecule has 2 heterocycles. The van der Waals surface area contributed by atoms with Gasteiger partial charge < -0.3 is 19.5 Å². The van der Waals surface area contributed by atoms with E-state index in [-0.39, 0.29) is 0 Å². The van der Waals surface area contributed by atoms with Crippen molar-refractivity contribution in [2.45, 2.75) is 44.6 Å². The molecule has 1 N–H and O–H groups in total. The maximum Gasteiger partial charge on any atom is 0.266 e. The summed E-state index contributed by atoms with van der Waals surface area (Å²) in [5.74, 6) is 1.99. The van der Waals surface area contributed by atoms with Crippen molar-refractivity contribution >= 4 is 5.95 Å². The third-order valence-electron chi connectivity index (χ3n) is 4.29. The topological polar surface area (TPSA) is 63.4 Å². The summed E-state index contributed by atoms with van der Waals surface area (Å²) in [6.45, 7) is 6.42. The summed E-state index contributed by atoms with van der Waals surface area (Å²) in [4.78, 5) is 6.74. The second-order valence-electron chi connectivity index (χ2n) is 5.64. The summed E-state index contributed by atoms with van der Waals surface area (Å²) in [7, 11) is 0. The highest BCUT2D eigenvalue weighted by molar-refractivity contribution is 5.28. The minimum Gasteiger partial charge on any atom is -0.378 e. The van der Waals surface area contributed by atoms with Gasteiger partial charge in [0, 0.05) is 25.0 Å². The number of hydrogen-bond donors (Lipinski definition) is 1. The van der Waals surface area contributed by atoms with E-state index in [0.29, 0.717) is 12.0 Å². The van der Waals surface area contributed by atoms with Crippen molar-refractivity contribution in [1.29, 1.82) is 0 Å². The summed E-state index contributed by atoms with van der Waals surface area (Å²) in [6, 6.07) is 0.665. The van der Waals surface area contributed by atoms with Gasteiger partial charge in [0.15, 0.2) is 0 Å². The van der Waals surface area contributed by atoms with Gasteiger partial charge in [-0.05, 0) is 37.4 Å². The van der Waals surface area contributed by atoms with Gasteiger partial charge in [0.1, 0.15) is 0 Å². The maximum absolute atomic E-state index is 5.49. The molecule has 3 rings (SSSR count). The lowest BCUT2D eigenvalue weighted by Gasteiger charge is -2.27. The Morgan fingerprint density at radius 1 is 1.20 bits per heavy atom. The molecule has 1 saturated carbocycles. The van der Waals surface area contributed by atoms with Crippen molar-refractivity contribution in [1.82, 2.24) is 15.5 Å². The molecule has 1 aliphatic heterocycles. The van der Waals surface area contributed by atoms with Crippen molar-refractivity contribution in [3.05, 3.63) is 5.89 Å². The van der Waals surface area contributed by atoms with Gasteiger partial charge in [-0.1, -0.05) is 6.92 Å². The molecule has 0 radical (unpaired) electrons. The Labute approximate surface area is 119 Å². The summed E-state index contributed by atoms with van der Waals surface area (Å²) in [5.41, 5.74) is 0. The fourth-order valence-electron chi connectivity index (χ4n) is 3.12. The smallest absolute Gasteiger partial charge is 0.266 e. The molecule has 1 saturated heterocycles. The van der Waals surface area contributed by atoms with Crippen molar-refractivity contribution < 1.29 is 9.26 Å². The number of ether oxygens (including phenoxy) is 1. The van der Waals surface area contributed by atoms with Crippen molar-refractivity contribution in [3.63, 3.8) is 0 Å². The Kier molecular flexibility index (Phi) is 4.52. The highest BCUT2D eigenvalue weighted by Crippen LogP contribution is 2.32. The fraction of sp³-hybridized carbons (Fsp3) is 0.857. The molecule has 0 aromatic carbocycles. The molecule has 20 heavy (non-hydrogen) atoms. The predicted molar refractivity (Wildman–Crippen MR) is 76.0 cm³/mol. The number of anilines is 1. The van der Waals surface area contributed by atoms with Crippen LogP contribution in [-0.2, 0) is 4.74 Å². The molecule has 0 atom stereocenters. The van der Waals surface area contributed by atoms with Crippen molar-refractivity contribution in [2.75, 3.05) is 37.7 Å². The van der Waals surface area contributed by atoms with Crippen LogP contribution >= 0.6 is 0 Å². The summed E-state index contributed by atoms with van der Waals surface area (Å²) < 4.78 is 10.8. The highest BCUT2D eigenvalue weighted by atomic mass is 16.5. The second-order valence-corrected chi connectivity index (χ2v) is 5.64. The zero-order valence-electron chi connectivity index (χ0n) is 12.2. The van der Waals surface area contributed by atoms with Gasteiger partial charge in [-0.2, -0.15) is 4.98 Å². The van der Waals surface area contributed by atoms with Crippen LogP contribution in [0.15, 0.2) is 4.52 Å². The van der Waals surface area contributed by atoms with Gasteiger partial charge in [-0.25, -0.2) is 0 Å². The predicted octanol–water partition coefficient (Wildman–Crippen LogP) is 1.54. The van der Waals surface area contributed by atoms with Gasteiger partial charge in [-0.15, -0.1) is 0 Å². The highest BCUT2D eigenvalue weighted by Gasteiger charge is 2.27. The van der Waals surface area contributed by atoms with E-state index < -0.39 is 0 Å². The lowest BCUT2D eigenvalue weighted by molar-refractivity contribution is 0.121. The van der Waals surface area contributed by atoms with E-state index in [1.54, 1.807) is 0 Å². The Morgan fingerprint density at radius 3 is 2.65 bits per heavy atom. The third-order valence-corrected chi connectivity index (χ3v) is 4.29. The number of hydrogen-bond acceptors (Lipinski definition) is 6. The van der Waals surface area contributed by atoms with E-state index in [9.17, 15) is 0 Å². The van der Waals surface area contributed by atoms with Crippen LogP contribution in [0, 0.1) is 0 Å². The van der Waals surface area contributed by atoms with Gasteiger partial charge in [-0.3, -0.25) is 0 Å². The first kappa shape index (κ1) is 13.8. The SMILES string of the molecule is CCNC1CCC(c2nc(N3CCOCC3)no2)CC1. The van der Waals surface area contributed by atoms with E-state index in [2.05, 4.69) is 27.3 Å². The monoisotopic (exact) mass is 280 g/mol. The van der Waals surface area contributed by atoms with Crippen molar-refractivity contribution in [2.24, 2.45) is 0 Å². The summed E-state index contributed by atoms with van der Waals surface area (Å²) in [6.07, 6.45) is 4.69. The first-order chi connectivity index (χ1) is 9.86. The van der Waals surface area contributed by atoms with Gasteiger partial charge >= 0.3 is 0 Å². The Bertz CT molecular complexity index is 409. The average molecular weight is 280 g/mol. The molecule has 0 amide bonds. The summed E-state index contributed by atoms with van der Waals surface area (Å²) in [5, 5.41) is 7.66. The molecule has 0 unspecified atom stereocenters. The number of nitrogens with zero attached hydrogens (tertiary/aromatic N) is 3. The Hall–Kier alpha value is -1.14. The minimum atomic E-state index is 0.437. The van der Waals surface area contributed by atoms with Gasteiger partial charge in [0.05, 0.1) is 13.2 Å². The molecule has 2 fully saturated rings. The van der Waals surface area contributed by atoms with Gasteiger partial charge in [0.25, 0.3) is 5.95 Å². The molecule has 1 aromatic rings. The zero-order chi connectivity index (χ0) is 13.8. The van der Waals surface area contributed by atoms with Crippen LogP contribution in [-0.4, -0.2) is 49.0 Å². The zero-order valence-corrected chi connectivity index (χ0v) is 12.2. The van der Waals surface area contributed by atoms with Crippen LogP contribution in [0.2, 0.25) is 0 Å². The molecule has 0 bridgehead atoms. The summed E-state index contributed by atoms with van der Waals surface area (Å²) >= 11 is 0. The molecule has 1 aromatic heterocycles. The second kappa shape index (κ2) is 6.54. The number of rotatable bonds is 4. The van der Waals surface area contributed by atoms with E-state index in [1.165, 1.54) is 12.8 Å². The van der Waals surface area contributed by atoms with Crippen LogP contribution in [0.1, 0.15) is 44.4 Å². The number of morpholine rings is 1. The van der Waals surface area contributed by atoms with Crippen LogP contribution in [0.3, 0.4) is 0 Å². The molecule has 2 aliphatic rings. The largest absolute Gasteiger partial charge is 0.378 e. The quantitative estimate of drug-likeness (QED) is 0.902. The first-order valence-electron chi connectivity index (χ1n) is 7.76. The van der Waals surface area contributed by atoms with Crippen LogP contribution < -0.4 is 10.2 Å². The maximum atomic E-state index is 5.49. The molecular formula is C14H24N4O2. The van der Waals surface area contributed by atoms with Crippen LogP contribution in [0.4, 0.5) is 5.95 Å². The molecule has 6 nitrogen and oxygen atoms in total. The molecule has 6 heteroatoms. The molecule has 112 valence electrons. The normalized spacial score (nSPS) is 27.8. The van der Waals surface area contributed by atoms with E-state index >= 15 is 0 Å². The number of aromatic nitrogens is 2. The van der Waals surface area contributed by atoms with Crippen LogP contribution in [0.5, 0.6) is 0 Å². The van der Waals surface area contributed by atoms with E-state index in [0.717, 1.165) is 57.5 Å². The Balaban J connectivity index is 1.57. The Morgan fingerprint density at radius 2 is 1.95 bits per heavy atom.